The Bertz CT molecular complexity index is 508. The van der Waals surface area contributed by atoms with Gasteiger partial charge in [0.05, 0.1) is 0 Å². The zero-order chi connectivity index (χ0) is 13.1. The molecule has 0 N–H and O–H groups in total. The topological polar surface area (TPSA) is 0 Å². The molecular weight excluding hydrogens is 352 g/mol. The van der Waals surface area contributed by atoms with Gasteiger partial charge in [-0.25, -0.2) is 0 Å². The molecule has 94 valence electrons. The smallest absolute Gasteiger partial charge is 0.0283 e. The van der Waals surface area contributed by atoms with Gasteiger partial charge < -0.3 is 0 Å². The molecule has 2 aromatic carbocycles. The van der Waals surface area contributed by atoms with Crippen molar-refractivity contribution in [1.82, 2.24) is 0 Å². The Labute approximate surface area is 126 Å². The summed E-state index contributed by atoms with van der Waals surface area (Å²) in [6.07, 6.45) is 0. The molecule has 0 aliphatic heterocycles. The van der Waals surface area contributed by atoms with Crippen LogP contribution in [0, 0.1) is 13.8 Å². The van der Waals surface area contributed by atoms with E-state index in [0.29, 0.717) is 0 Å². The molecule has 0 aromatic heterocycles. The number of aryl methyl sites for hydroxylation is 2. The van der Waals surface area contributed by atoms with E-state index >= 15 is 0 Å². The Morgan fingerprint density at radius 2 is 1.11 bits per heavy atom. The van der Waals surface area contributed by atoms with Crippen LogP contribution in [0.2, 0.25) is 0 Å². The maximum Gasteiger partial charge on any atom is 0.0283 e. The van der Waals surface area contributed by atoms with Crippen LogP contribution in [0.4, 0.5) is 0 Å². The van der Waals surface area contributed by atoms with Crippen LogP contribution in [0.25, 0.3) is 11.1 Å². The highest BCUT2D eigenvalue weighted by Gasteiger charge is 2.06. The van der Waals surface area contributed by atoms with Crippen LogP contribution in [0.1, 0.15) is 22.3 Å². The maximum atomic E-state index is 3.50. The van der Waals surface area contributed by atoms with Crippen LogP contribution in [0.3, 0.4) is 0 Å². The monoisotopic (exact) mass is 366 g/mol. The predicted molar refractivity (Wildman–Crippen MR) is 86.6 cm³/mol. The average molecular weight is 368 g/mol. The van der Waals surface area contributed by atoms with Crippen molar-refractivity contribution in [2.75, 3.05) is 0 Å². The number of halogens is 2. The summed E-state index contributed by atoms with van der Waals surface area (Å²) in [5, 5.41) is 1.82. The van der Waals surface area contributed by atoms with Crippen LogP contribution < -0.4 is 0 Å². The van der Waals surface area contributed by atoms with Crippen molar-refractivity contribution in [2.45, 2.75) is 24.5 Å². The van der Waals surface area contributed by atoms with E-state index in [9.17, 15) is 0 Å². The lowest BCUT2D eigenvalue weighted by Gasteiger charge is -2.11. The first kappa shape index (κ1) is 13.8. The van der Waals surface area contributed by atoms with Crippen molar-refractivity contribution in [3.63, 3.8) is 0 Å². The van der Waals surface area contributed by atoms with E-state index in [4.69, 9.17) is 0 Å². The molecule has 2 rings (SSSR count). The van der Waals surface area contributed by atoms with Crippen molar-refractivity contribution < 1.29 is 0 Å². The fourth-order valence-corrected chi connectivity index (χ4v) is 2.92. The standard InChI is InChI=1S/C16H16Br2/c1-11-7-13(9-17)3-5-15(11)16-6-4-14(10-18)8-12(16)2/h3-8H,9-10H2,1-2H3. The molecular formula is C16H16Br2. The summed E-state index contributed by atoms with van der Waals surface area (Å²) in [5.74, 6) is 0. The molecule has 2 heteroatoms. The Morgan fingerprint density at radius 3 is 1.39 bits per heavy atom. The van der Waals surface area contributed by atoms with E-state index in [2.05, 4.69) is 82.1 Å². The molecule has 18 heavy (non-hydrogen) atoms. The van der Waals surface area contributed by atoms with Crippen molar-refractivity contribution in [1.29, 1.82) is 0 Å². The van der Waals surface area contributed by atoms with Gasteiger partial charge in [0, 0.05) is 10.7 Å². The summed E-state index contributed by atoms with van der Waals surface area (Å²) in [6.45, 7) is 4.36. The zero-order valence-electron chi connectivity index (χ0n) is 10.6. The summed E-state index contributed by atoms with van der Waals surface area (Å²) in [7, 11) is 0. The highest BCUT2D eigenvalue weighted by molar-refractivity contribution is 9.08. The van der Waals surface area contributed by atoms with Gasteiger partial charge in [-0.1, -0.05) is 68.3 Å². The first-order chi connectivity index (χ1) is 8.65. The number of benzene rings is 2. The predicted octanol–water partition coefficient (Wildman–Crippen LogP) is 5.76. The fraction of sp³-hybridized carbons (Fsp3) is 0.250. The first-order valence-corrected chi connectivity index (χ1v) is 8.21. The minimum atomic E-state index is 0.912. The number of rotatable bonds is 3. The zero-order valence-corrected chi connectivity index (χ0v) is 13.8. The molecule has 0 heterocycles. The summed E-state index contributed by atoms with van der Waals surface area (Å²) in [6, 6.07) is 13.3. The first-order valence-electron chi connectivity index (χ1n) is 5.97. The molecule has 0 nitrogen and oxygen atoms in total. The van der Waals surface area contributed by atoms with E-state index in [1.54, 1.807) is 0 Å². The molecule has 0 atom stereocenters. The van der Waals surface area contributed by atoms with Gasteiger partial charge >= 0.3 is 0 Å². The van der Waals surface area contributed by atoms with Crippen LogP contribution >= 0.6 is 31.9 Å². The van der Waals surface area contributed by atoms with Gasteiger partial charge in [-0.05, 0) is 47.2 Å². The molecule has 0 unspecified atom stereocenters. The van der Waals surface area contributed by atoms with Crippen LogP contribution in [-0.4, -0.2) is 0 Å². The molecule has 0 bridgehead atoms. The molecule has 0 aliphatic carbocycles. The SMILES string of the molecule is Cc1cc(CBr)ccc1-c1ccc(CBr)cc1C. The average Bonchev–Trinajstić information content (AvgIpc) is 2.39. The lowest BCUT2D eigenvalue weighted by molar-refractivity contribution is 1.33. The van der Waals surface area contributed by atoms with Gasteiger partial charge in [0.2, 0.25) is 0 Å². The number of hydrogen-bond acceptors (Lipinski definition) is 0. The summed E-state index contributed by atoms with van der Waals surface area (Å²) in [4.78, 5) is 0. The molecule has 0 spiro atoms. The minimum Gasteiger partial charge on any atom is -0.0876 e. The second kappa shape index (κ2) is 6.03. The second-order valence-electron chi connectivity index (χ2n) is 4.57. The quantitative estimate of drug-likeness (QED) is 0.605. The molecule has 0 fully saturated rings. The molecule has 0 aliphatic rings. The van der Waals surface area contributed by atoms with E-state index < -0.39 is 0 Å². The van der Waals surface area contributed by atoms with E-state index in [0.717, 1.165) is 10.7 Å². The van der Waals surface area contributed by atoms with Gasteiger partial charge in [-0.2, -0.15) is 0 Å². The third kappa shape index (κ3) is 2.86. The maximum absolute atomic E-state index is 3.50. The molecule has 2 aromatic rings. The van der Waals surface area contributed by atoms with Gasteiger partial charge in [-0.15, -0.1) is 0 Å². The normalized spacial score (nSPS) is 10.7. The molecule has 0 saturated heterocycles. The van der Waals surface area contributed by atoms with E-state index in [1.807, 2.05) is 0 Å². The summed E-state index contributed by atoms with van der Waals surface area (Å²) in [5.41, 5.74) is 7.98. The van der Waals surface area contributed by atoms with Crippen molar-refractivity contribution in [2.24, 2.45) is 0 Å². The second-order valence-corrected chi connectivity index (χ2v) is 5.69. The van der Waals surface area contributed by atoms with Crippen LogP contribution in [-0.2, 0) is 10.7 Å². The van der Waals surface area contributed by atoms with Crippen molar-refractivity contribution in [3.05, 3.63) is 58.7 Å². The van der Waals surface area contributed by atoms with Gasteiger partial charge in [0.25, 0.3) is 0 Å². The minimum absolute atomic E-state index is 0.912. The van der Waals surface area contributed by atoms with Crippen LogP contribution in [0.5, 0.6) is 0 Å². The van der Waals surface area contributed by atoms with E-state index in [-0.39, 0.29) is 0 Å². The van der Waals surface area contributed by atoms with E-state index in [1.165, 1.54) is 33.4 Å². The lowest BCUT2D eigenvalue weighted by Crippen LogP contribution is -1.90. The Kier molecular flexibility index (Phi) is 4.63. The van der Waals surface area contributed by atoms with Gasteiger partial charge in [-0.3, -0.25) is 0 Å². The number of alkyl halides is 2. The highest BCUT2D eigenvalue weighted by Crippen LogP contribution is 2.28. The third-order valence-electron chi connectivity index (χ3n) is 3.18. The Balaban J connectivity index is 2.48. The van der Waals surface area contributed by atoms with Crippen molar-refractivity contribution >= 4 is 31.9 Å². The third-order valence-corrected chi connectivity index (χ3v) is 4.48. The van der Waals surface area contributed by atoms with Gasteiger partial charge in [0.1, 0.15) is 0 Å². The molecule has 0 amide bonds. The molecule has 0 radical (unpaired) electrons. The van der Waals surface area contributed by atoms with Gasteiger partial charge in [0.15, 0.2) is 0 Å². The fourth-order valence-electron chi connectivity index (χ4n) is 2.22. The summed E-state index contributed by atoms with van der Waals surface area (Å²) >= 11 is 7.00. The Morgan fingerprint density at radius 1 is 0.722 bits per heavy atom. The largest absolute Gasteiger partial charge is 0.0876 e. The number of hydrogen-bond donors (Lipinski definition) is 0. The molecule has 0 saturated carbocycles. The highest BCUT2D eigenvalue weighted by atomic mass is 79.9. The van der Waals surface area contributed by atoms with Crippen LogP contribution in [0.15, 0.2) is 36.4 Å². The lowest BCUT2D eigenvalue weighted by atomic mass is 9.94. The summed E-state index contributed by atoms with van der Waals surface area (Å²) < 4.78 is 0. The van der Waals surface area contributed by atoms with Crippen molar-refractivity contribution in [3.8, 4) is 11.1 Å². The Hall–Kier alpha value is -0.600.